The van der Waals surface area contributed by atoms with Crippen molar-refractivity contribution in [3.8, 4) is 0 Å². The first-order valence-corrected chi connectivity index (χ1v) is 4.17. The van der Waals surface area contributed by atoms with Crippen molar-refractivity contribution in [1.82, 2.24) is 0 Å². The van der Waals surface area contributed by atoms with Gasteiger partial charge in [-0.2, -0.15) is 0 Å². The predicted octanol–water partition coefficient (Wildman–Crippen LogP) is -2.51. The monoisotopic (exact) mass is 522 g/mol. The minimum Gasteiger partial charge on any atom is -0.473 e. The Morgan fingerprint density at radius 2 is 1.00 bits per heavy atom. The number of carbonyl (C=O) groups is 4. The van der Waals surface area contributed by atoms with E-state index in [0.717, 1.165) is 0 Å². The maximum Gasteiger partial charge on any atom is 0.507 e. The van der Waals surface area contributed by atoms with Crippen molar-refractivity contribution in [3.05, 3.63) is 0 Å². The summed E-state index contributed by atoms with van der Waals surface area (Å²) in [6.07, 6.45) is 0. The average molecular weight is 522 g/mol. The maximum atomic E-state index is 10.4. The zero-order valence-electron chi connectivity index (χ0n) is 7.57. The fourth-order valence-corrected chi connectivity index (χ4v) is 0.821. The Balaban J connectivity index is -0.000000980. The van der Waals surface area contributed by atoms with Crippen molar-refractivity contribution >= 4 is 34.3 Å². The van der Waals surface area contributed by atoms with Gasteiger partial charge in [-0.25, -0.2) is 19.2 Å². The number of rotatable bonds is 2. The summed E-state index contributed by atoms with van der Waals surface area (Å²) in [4.78, 5) is 39.9. The van der Waals surface area contributed by atoms with Gasteiger partial charge in [0.1, 0.15) is 0 Å². The largest absolute Gasteiger partial charge is 0.507 e. The van der Waals surface area contributed by atoms with Gasteiger partial charge >= 0.3 is 34.3 Å². The second-order valence-corrected chi connectivity index (χ2v) is 2.91. The summed E-state index contributed by atoms with van der Waals surface area (Å²) >= 11 is 0. The fourth-order valence-electron chi connectivity index (χ4n) is 0.274. The molecular weight excluding hydrogens is 520 g/mol. The van der Waals surface area contributed by atoms with Gasteiger partial charge in [0.05, 0.1) is 0 Å². The first kappa shape index (κ1) is 22.7. The Kier molecular flexibility index (Phi) is 12.7. The summed E-state index contributed by atoms with van der Waals surface area (Å²) in [6.45, 7) is 0. The van der Waals surface area contributed by atoms with Crippen molar-refractivity contribution in [1.29, 1.82) is 0 Å². The summed E-state index contributed by atoms with van der Waals surface area (Å²) < 4.78 is 27.2. The molecule has 0 rings (SSSR count). The molecule has 0 aromatic carbocycles. The molecule has 10 nitrogen and oxygen atoms in total. The van der Waals surface area contributed by atoms with Crippen molar-refractivity contribution in [2.24, 2.45) is 0 Å². The molecular formula is C4H2Ce2O10S. The summed E-state index contributed by atoms with van der Waals surface area (Å²) in [5.74, 6) is -9.00. The van der Waals surface area contributed by atoms with Crippen molar-refractivity contribution in [3.63, 3.8) is 0 Å². The molecule has 92 valence electrons. The van der Waals surface area contributed by atoms with Crippen LogP contribution in [0, 0.1) is 83.5 Å². The Labute approximate surface area is 161 Å². The normalized spacial score (nSPS) is 8.94. The van der Waals surface area contributed by atoms with Gasteiger partial charge < -0.3 is 18.6 Å². The van der Waals surface area contributed by atoms with Gasteiger partial charge in [-0.1, -0.05) is 0 Å². The van der Waals surface area contributed by atoms with Gasteiger partial charge in [0.25, 0.3) is 0 Å². The van der Waals surface area contributed by atoms with Gasteiger partial charge in [0.15, 0.2) is 0 Å². The third kappa shape index (κ3) is 10.2. The molecule has 0 spiro atoms. The Morgan fingerprint density at radius 3 is 1.18 bits per heavy atom. The smallest absolute Gasteiger partial charge is 0.473 e. The molecule has 0 aliphatic rings. The summed E-state index contributed by atoms with van der Waals surface area (Å²) in [5.41, 5.74) is 0. The topological polar surface area (TPSA) is 161 Å². The molecule has 0 amide bonds. The van der Waals surface area contributed by atoms with E-state index in [1.165, 1.54) is 0 Å². The van der Waals surface area contributed by atoms with Crippen LogP contribution >= 0.6 is 0 Å². The molecule has 0 unspecified atom stereocenters. The first-order valence-electron chi connectivity index (χ1n) is 2.84. The molecule has 0 saturated carbocycles. The van der Waals surface area contributed by atoms with E-state index < -0.39 is 34.3 Å². The van der Waals surface area contributed by atoms with Crippen LogP contribution in [0.4, 0.5) is 0 Å². The molecule has 0 bridgehead atoms. The molecule has 17 heavy (non-hydrogen) atoms. The van der Waals surface area contributed by atoms with Gasteiger partial charge in [0.2, 0.25) is 0 Å². The summed E-state index contributed by atoms with van der Waals surface area (Å²) in [6, 6.07) is 0. The number of carboxylic acids is 2. The molecule has 0 fully saturated rings. The van der Waals surface area contributed by atoms with E-state index in [-0.39, 0.29) is 83.5 Å². The minimum atomic E-state index is -5.33. The van der Waals surface area contributed by atoms with E-state index in [4.69, 9.17) is 10.2 Å². The van der Waals surface area contributed by atoms with E-state index in [1.54, 1.807) is 0 Å². The fraction of sp³-hybridized carbons (Fsp3) is 0. The van der Waals surface area contributed by atoms with Crippen LogP contribution in [0.2, 0.25) is 0 Å². The maximum absolute atomic E-state index is 10.4. The van der Waals surface area contributed by atoms with E-state index in [0.29, 0.717) is 0 Å². The second kappa shape index (κ2) is 9.51. The molecule has 13 heteroatoms. The zero-order valence-corrected chi connectivity index (χ0v) is 14.7. The second-order valence-electron chi connectivity index (χ2n) is 1.76. The molecule has 0 aromatic rings. The SMILES string of the molecule is O=C(O)C(=O)OS(=O)(=O)OC(=O)C(=O)O.[Ce].[Ce]. The third-order valence-electron chi connectivity index (χ3n) is 0.705. The van der Waals surface area contributed by atoms with Crippen LogP contribution in [0.3, 0.4) is 0 Å². The third-order valence-corrected chi connectivity index (χ3v) is 1.42. The molecule has 0 aromatic heterocycles. The van der Waals surface area contributed by atoms with Crippen LogP contribution in [-0.4, -0.2) is 42.5 Å². The molecule has 0 atom stereocenters. The van der Waals surface area contributed by atoms with Gasteiger partial charge in [0, 0.05) is 83.5 Å². The first-order chi connectivity index (χ1) is 6.65. The van der Waals surface area contributed by atoms with Crippen LogP contribution in [0.25, 0.3) is 0 Å². The average Bonchev–Trinajstić information content (AvgIpc) is 2.01. The van der Waals surface area contributed by atoms with Crippen LogP contribution in [0.1, 0.15) is 0 Å². The zero-order chi connectivity index (χ0) is 12.2. The molecule has 0 aliphatic heterocycles. The van der Waals surface area contributed by atoms with E-state index >= 15 is 0 Å². The van der Waals surface area contributed by atoms with Crippen LogP contribution in [0.15, 0.2) is 0 Å². The Hall–Kier alpha value is 0.583. The minimum absolute atomic E-state index is 0. The number of aliphatic carboxylic acids is 2. The van der Waals surface area contributed by atoms with Crippen LogP contribution in [-0.2, 0) is 37.9 Å². The number of carboxylic acid groups (broad SMARTS) is 2. The Morgan fingerprint density at radius 1 is 0.765 bits per heavy atom. The Bertz CT molecular complexity index is 390. The molecule has 2 N–H and O–H groups in total. The van der Waals surface area contributed by atoms with Crippen molar-refractivity contribution < 1.29 is 130 Å². The van der Waals surface area contributed by atoms with Gasteiger partial charge in [-0.3, -0.25) is 0 Å². The number of carbonyl (C=O) groups excluding carboxylic acids is 2. The van der Waals surface area contributed by atoms with Gasteiger partial charge in [-0.05, 0) is 0 Å². The number of hydrogen-bond donors (Lipinski definition) is 2. The van der Waals surface area contributed by atoms with Crippen LogP contribution < -0.4 is 0 Å². The quantitative estimate of drug-likeness (QED) is 0.371. The van der Waals surface area contributed by atoms with Gasteiger partial charge in [-0.15, -0.1) is 8.42 Å². The van der Waals surface area contributed by atoms with Crippen molar-refractivity contribution in [2.45, 2.75) is 0 Å². The summed E-state index contributed by atoms with van der Waals surface area (Å²) in [5, 5.41) is 15.8. The molecule has 0 heterocycles. The van der Waals surface area contributed by atoms with E-state index in [1.807, 2.05) is 0 Å². The number of hydrogen-bond acceptors (Lipinski definition) is 8. The van der Waals surface area contributed by atoms with E-state index in [9.17, 15) is 27.6 Å². The van der Waals surface area contributed by atoms with E-state index in [2.05, 4.69) is 8.37 Å². The molecule has 0 aliphatic carbocycles. The van der Waals surface area contributed by atoms with Crippen molar-refractivity contribution in [2.75, 3.05) is 0 Å². The van der Waals surface area contributed by atoms with Crippen LogP contribution in [0.5, 0.6) is 0 Å². The predicted molar refractivity (Wildman–Crippen MR) is 36.4 cm³/mol. The molecule has 0 saturated heterocycles. The molecule has 0 radical (unpaired) electrons. The summed E-state index contributed by atoms with van der Waals surface area (Å²) in [7, 11) is -5.33. The standard InChI is InChI=1S/C4H2O10S.2Ce/c5-1(6)3(9)13-15(11,12)14-4(10)2(7)8;;/h(H,5,6)(H,7,8);;.